The van der Waals surface area contributed by atoms with E-state index in [0.717, 1.165) is 12.8 Å². The van der Waals surface area contributed by atoms with Crippen molar-refractivity contribution in [1.29, 1.82) is 0 Å². The minimum Gasteiger partial charge on any atom is -0.330 e. The fourth-order valence-corrected chi connectivity index (χ4v) is 4.60. The number of rotatable bonds is 4. The molecule has 1 aliphatic heterocycles. The van der Waals surface area contributed by atoms with E-state index < -0.39 is 14.9 Å². The van der Waals surface area contributed by atoms with Crippen molar-refractivity contribution in [2.75, 3.05) is 19.6 Å². The number of nitro groups is 1. The molecule has 1 saturated heterocycles. The highest BCUT2D eigenvalue weighted by Crippen LogP contribution is 2.31. The van der Waals surface area contributed by atoms with Crippen molar-refractivity contribution in [1.82, 2.24) is 4.31 Å². The average Bonchev–Trinajstić information content (AvgIpc) is 2.46. The number of aryl methyl sites for hydroxylation is 1. The molecule has 1 fully saturated rings. The van der Waals surface area contributed by atoms with E-state index in [1.165, 1.54) is 16.4 Å². The van der Waals surface area contributed by atoms with Crippen LogP contribution in [-0.4, -0.2) is 37.3 Å². The quantitative estimate of drug-likeness (QED) is 0.657. The van der Waals surface area contributed by atoms with Gasteiger partial charge in [0.25, 0.3) is 5.69 Å². The van der Waals surface area contributed by atoms with Crippen LogP contribution in [0.2, 0.25) is 0 Å². The third-order valence-corrected chi connectivity index (χ3v) is 5.86. The Bertz CT molecular complexity index is 651. The molecule has 0 bridgehead atoms. The van der Waals surface area contributed by atoms with Gasteiger partial charge in [0.05, 0.1) is 4.92 Å². The van der Waals surface area contributed by atoms with Crippen LogP contribution in [0, 0.1) is 23.0 Å². The Morgan fingerprint density at radius 2 is 2.14 bits per heavy atom. The molecule has 0 saturated carbocycles. The van der Waals surface area contributed by atoms with Crippen molar-refractivity contribution in [3.05, 3.63) is 33.9 Å². The summed E-state index contributed by atoms with van der Waals surface area (Å²) >= 11 is 0. The van der Waals surface area contributed by atoms with Gasteiger partial charge in [-0.2, -0.15) is 4.31 Å². The summed E-state index contributed by atoms with van der Waals surface area (Å²) < 4.78 is 26.9. The van der Waals surface area contributed by atoms with Gasteiger partial charge in [0, 0.05) is 19.2 Å². The first-order chi connectivity index (χ1) is 9.87. The SMILES string of the molecule is Cc1cccc([N+](=O)[O-])c1S(=O)(=O)N1CCCC(CN)C1.Cl. The molecule has 0 aliphatic carbocycles. The molecule has 0 radical (unpaired) electrons. The molecule has 1 heterocycles. The normalized spacial score (nSPS) is 19.5. The maximum absolute atomic E-state index is 12.8. The summed E-state index contributed by atoms with van der Waals surface area (Å²) in [4.78, 5) is 10.3. The molecule has 0 aromatic heterocycles. The maximum Gasteiger partial charge on any atom is 0.289 e. The maximum atomic E-state index is 12.8. The van der Waals surface area contributed by atoms with E-state index in [1.54, 1.807) is 13.0 Å². The van der Waals surface area contributed by atoms with Crippen LogP contribution in [0.5, 0.6) is 0 Å². The van der Waals surface area contributed by atoms with Crippen LogP contribution in [-0.2, 0) is 10.0 Å². The number of nitrogens with zero attached hydrogens (tertiary/aromatic N) is 2. The van der Waals surface area contributed by atoms with E-state index in [4.69, 9.17) is 5.73 Å². The van der Waals surface area contributed by atoms with Crippen LogP contribution in [0.4, 0.5) is 5.69 Å². The Morgan fingerprint density at radius 3 is 2.73 bits per heavy atom. The molecule has 1 atom stereocenters. The summed E-state index contributed by atoms with van der Waals surface area (Å²) in [5, 5.41) is 11.1. The molecule has 124 valence electrons. The lowest BCUT2D eigenvalue weighted by Gasteiger charge is -2.31. The number of sulfonamides is 1. The zero-order valence-electron chi connectivity index (χ0n) is 12.3. The van der Waals surface area contributed by atoms with E-state index in [1.807, 2.05) is 0 Å². The fourth-order valence-electron chi connectivity index (χ4n) is 2.68. The summed E-state index contributed by atoms with van der Waals surface area (Å²) in [6.45, 7) is 2.70. The minimum atomic E-state index is -3.88. The monoisotopic (exact) mass is 349 g/mol. The lowest BCUT2D eigenvalue weighted by Crippen LogP contribution is -2.42. The largest absolute Gasteiger partial charge is 0.330 e. The van der Waals surface area contributed by atoms with Gasteiger partial charge >= 0.3 is 0 Å². The second-order valence-electron chi connectivity index (χ2n) is 5.29. The van der Waals surface area contributed by atoms with Crippen molar-refractivity contribution >= 4 is 28.1 Å². The Labute approximate surface area is 136 Å². The number of halogens is 1. The number of hydrogen-bond donors (Lipinski definition) is 1. The number of benzene rings is 1. The van der Waals surface area contributed by atoms with Crippen molar-refractivity contribution < 1.29 is 13.3 Å². The van der Waals surface area contributed by atoms with Gasteiger partial charge in [0.2, 0.25) is 10.0 Å². The number of piperidine rings is 1. The van der Waals surface area contributed by atoms with Gasteiger partial charge in [-0.15, -0.1) is 12.4 Å². The summed E-state index contributed by atoms with van der Waals surface area (Å²) in [5.41, 5.74) is 5.64. The molecule has 2 rings (SSSR count). The molecule has 1 aliphatic rings. The van der Waals surface area contributed by atoms with Gasteiger partial charge in [-0.1, -0.05) is 12.1 Å². The fraction of sp³-hybridized carbons (Fsp3) is 0.538. The predicted molar refractivity (Wildman–Crippen MR) is 85.6 cm³/mol. The lowest BCUT2D eigenvalue weighted by molar-refractivity contribution is -0.387. The Morgan fingerprint density at radius 1 is 1.45 bits per heavy atom. The topological polar surface area (TPSA) is 107 Å². The van der Waals surface area contributed by atoms with E-state index >= 15 is 0 Å². The predicted octanol–water partition coefficient (Wildman–Crippen LogP) is 1.68. The van der Waals surface area contributed by atoms with Crippen LogP contribution < -0.4 is 5.73 Å². The van der Waals surface area contributed by atoms with Gasteiger partial charge in [-0.05, 0) is 37.8 Å². The molecular formula is C13H20ClN3O4S. The average molecular weight is 350 g/mol. The number of nitro benzene ring substituents is 1. The Balaban J connectivity index is 0.00000242. The molecule has 1 aromatic rings. The van der Waals surface area contributed by atoms with Gasteiger partial charge in [-0.3, -0.25) is 10.1 Å². The Hall–Kier alpha value is -1.22. The molecule has 2 N–H and O–H groups in total. The third-order valence-electron chi connectivity index (χ3n) is 3.80. The molecular weight excluding hydrogens is 330 g/mol. The highest BCUT2D eigenvalue weighted by Gasteiger charge is 2.35. The first-order valence-corrected chi connectivity index (χ1v) is 8.26. The smallest absolute Gasteiger partial charge is 0.289 e. The second-order valence-corrected chi connectivity index (χ2v) is 7.16. The summed E-state index contributed by atoms with van der Waals surface area (Å²) in [6, 6.07) is 4.29. The van der Waals surface area contributed by atoms with Crippen LogP contribution in [0.3, 0.4) is 0 Å². The molecule has 0 spiro atoms. The first kappa shape index (κ1) is 18.8. The van der Waals surface area contributed by atoms with Gasteiger partial charge in [0.1, 0.15) is 0 Å². The van der Waals surface area contributed by atoms with Gasteiger partial charge in [-0.25, -0.2) is 8.42 Å². The summed E-state index contributed by atoms with van der Waals surface area (Å²) in [5.74, 6) is 0.108. The van der Waals surface area contributed by atoms with E-state index in [2.05, 4.69) is 0 Å². The van der Waals surface area contributed by atoms with Crippen molar-refractivity contribution in [3.63, 3.8) is 0 Å². The van der Waals surface area contributed by atoms with E-state index in [0.29, 0.717) is 25.2 Å². The van der Waals surface area contributed by atoms with Crippen LogP contribution in [0.15, 0.2) is 23.1 Å². The summed E-state index contributed by atoms with van der Waals surface area (Å²) in [6.07, 6.45) is 1.61. The lowest BCUT2D eigenvalue weighted by atomic mass is 10.0. The number of hydrogen-bond acceptors (Lipinski definition) is 5. The van der Waals surface area contributed by atoms with Crippen LogP contribution in [0.1, 0.15) is 18.4 Å². The van der Waals surface area contributed by atoms with Crippen LogP contribution >= 0.6 is 12.4 Å². The van der Waals surface area contributed by atoms with Gasteiger partial charge < -0.3 is 5.73 Å². The third kappa shape index (κ3) is 3.57. The van der Waals surface area contributed by atoms with E-state index in [9.17, 15) is 18.5 Å². The first-order valence-electron chi connectivity index (χ1n) is 6.82. The second kappa shape index (κ2) is 7.36. The molecule has 7 nitrogen and oxygen atoms in total. The van der Waals surface area contributed by atoms with Crippen LogP contribution in [0.25, 0.3) is 0 Å². The minimum absolute atomic E-state index is 0. The van der Waals surface area contributed by atoms with Crippen molar-refractivity contribution in [2.45, 2.75) is 24.7 Å². The zero-order valence-corrected chi connectivity index (χ0v) is 13.9. The molecule has 1 aromatic carbocycles. The van der Waals surface area contributed by atoms with Gasteiger partial charge in [0.15, 0.2) is 4.90 Å². The van der Waals surface area contributed by atoms with E-state index in [-0.39, 0.29) is 28.9 Å². The highest BCUT2D eigenvalue weighted by molar-refractivity contribution is 7.89. The molecule has 9 heteroatoms. The zero-order chi connectivity index (χ0) is 15.6. The standard InChI is InChI=1S/C13H19N3O4S.ClH/c1-10-4-2-6-12(16(17)18)13(10)21(19,20)15-7-3-5-11(8-14)9-15;/h2,4,6,11H,3,5,7-9,14H2,1H3;1H. The van der Waals surface area contributed by atoms with Crippen molar-refractivity contribution in [3.8, 4) is 0 Å². The summed E-state index contributed by atoms with van der Waals surface area (Å²) in [7, 11) is -3.88. The number of nitrogens with two attached hydrogens (primary N) is 1. The molecule has 0 amide bonds. The molecule has 22 heavy (non-hydrogen) atoms. The van der Waals surface area contributed by atoms with Crippen molar-refractivity contribution in [2.24, 2.45) is 11.7 Å². The molecule has 1 unspecified atom stereocenters. The Kier molecular flexibility index (Phi) is 6.30. The highest BCUT2D eigenvalue weighted by atomic mass is 35.5.